The Kier molecular flexibility index (Phi) is 4.11. The van der Waals surface area contributed by atoms with Gasteiger partial charge in [0, 0.05) is 11.8 Å². The summed E-state index contributed by atoms with van der Waals surface area (Å²) < 4.78 is 5.87. The van der Waals surface area contributed by atoms with Gasteiger partial charge in [0.25, 0.3) is 5.56 Å². The van der Waals surface area contributed by atoms with Crippen molar-refractivity contribution in [1.29, 1.82) is 0 Å². The molecule has 18 heavy (non-hydrogen) atoms. The molecule has 0 aliphatic heterocycles. The first-order chi connectivity index (χ1) is 8.24. The number of nitrogens with one attached hydrogen (secondary N) is 1. The van der Waals surface area contributed by atoms with E-state index < -0.39 is 22.9 Å². The van der Waals surface area contributed by atoms with Crippen LogP contribution in [0.2, 0.25) is 0 Å². The van der Waals surface area contributed by atoms with E-state index in [-0.39, 0.29) is 0 Å². The lowest BCUT2D eigenvalue weighted by Gasteiger charge is -2.19. The van der Waals surface area contributed by atoms with Crippen molar-refractivity contribution in [2.75, 3.05) is 0 Å². The molecule has 0 aliphatic carbocycles. The molecule has 0 aromatic carbocycles. The van der Waals surface area contributed by atoms with Gasteiger partial charge in [-0.2, -0.15) is 0 Å². The maximum Gasteiger partial charge on any atom is 0.422 e. The molecule has 0 atom stereocenters. The summed E-state index contributed by atoms with van der Waals surface area (Å²) in [6.45, 7) is 7.01. The summed E-state index contributed by atoms with van der Waals surface area (Å²) in [6.07, 6.45) is 1.70. The molecule has 0 fully saturated rings. The molecule has 6 nitrogen and oxygen atoms in total. The van der Waals surface area contributed by atoms with E-state index in [9.17, 15) is 14.4 Å². The normalized spacial score (nSPS) is 11.3. The minimum absolute atomic E-state index is 0.392. The first kappa shape index (κ1) is 14.2. The summed E-state index contributed by atoms with van der Waals surface area (Å²) in [5, 5.41) is 0. The molecule has 0 spiro atoms. The Bertz CT molecular complexity index is 548. The van der Waals surface area contributed by atoms with Gasteiger partial charge in [-0.05, 0) is 27.2 Å². The van der Waals surface area contributed by atoms with Crippen molar-refractivity contribution in [2.24, 2.45) is 0 Å². The lowest BCUT2D eigenvalue weighted by molar-refractivity contribution is 0.0527. The zero-order chi connectivity index (χ0) is 13.9. The van der Waals surface area contributed by atoms with Gasteiger partial charge in [0.1, 0.15) is 5.60 Å². The summed E-state index contributed by atoms with van der Waals surface area (Å²) in [4.78, 5) is 36.9. The standard InChI is InChI=1S/C12H18N2O4/c1-5-6-8-7-14(10(16)13-9(8)15)11(17)18-12(2,3)4/h7H,5-6H2,1-4H3,(H,13,15,16). The van der Waals surface area contributed by atoms with Crippen molar-refractivity contribution in [3.63, 3.8) is 0 Å². The number of carbonyl (C=O) groups excluding carboxylic acids is 1. The third-order valence-electron chi connectivity index (χ3n) is 2.13. The average Bonchev–Trinajstić information content (AvgIpc) is 2.19. The maximum atomic E-state index is 11.8. The van der Waals surface area contributed by atoms with E-state index in [4.69, 9.17) is 4.74 Å². The minimum atomic E-state index is -0.791. The lowest BCUT2D eigenvalue weighted by Crippen LogP contribution is -2.38. The summed E-state index contributed by atoms with van der Waals surface area (Å²) in [5.41, 5.74) is -1.55. The molecule has 0 unspecified atom stereocenters. The highest BCUT2D eigenvalue weighted by atomic mass is 16.6. The van der Waals surface area contributed by atoms with Crippen LogP contribution in [0.1, 0.15) is 39.7 Å². The first-order valence-corrected chi connectivity index (χ1v) is 5.83. The fraction of sp³-hybridized carbons (Fsp3) is 0.583. The van der Waals surface area contributed by atoms with Crippen LogP contribution in [-0.2, 0) is 11.2 Å². The molecule has 0 bridgehead atoms. The van der Waals surface area contributed by atoms with E-state index in [0.29, 0.717) is 12.0 Å². The minimum Gasteiger partial charge on any atom is -0.443 e. The number of aromatic nitrogens is 2. The van der Waals surface area contributed by atoms with Gasteiger partial charge < -0.3 is 4.74 Å². The molecule has 1 N–H and O–H groups in total. The number of rotatable bonds is 2. The number of hydrogen-bond donors (Lipinski definition) is 1. The van der Waals surface area contributed by atoms with Crippen LogP contribution in [0.4, 0.5) is 4.79 Å². The molecule has 0 saturated carbocycles. The largest absolute Gasteiger partial charge is 0.443 e. The predicted molar refractivity (Wildman–Crippen MR) is 66.9 cm³/mol. The highest BCUT2D eigenvalue weighted by Crippen LogP contribution is 2.08. The molecular formula is C12H18N2O4. The monoisotopic (exact) mass is 254 g/mol. The molecule has 0 saturated heterocycles. The van der Waals surface area contributed by atoms with Gasteiger partial charge >= 0.3 is 11.8 Å². The van der Waals surface area contributed by atoms with Gasteiger partial charge in [0.15, 0.2) is 0 Å². The highest BCUT2D eigenvalue weighted by Gasteiger charge is 2.19. The van der Waals surface area contributed by atoms with Crippen LogP contribution < -0.4 is 11.2 Å². The SMILES string of the molecule is CCCc1cn(C(=O)OC(C)(C)C)c(=O)[nH]c1=O. The molecule has 1 aromatic heterocycles. The number of H-pyrrole nitrogens is 1. The van der Waals surface area contributed by atoms with E-state index in [0.717, 1.165) is 11.0 Å². The summed E-state index contributed by atoms with van der Waals surface area (Å²) in [6, 6.07) is 0. The molecule has 100 valence electrons. The van der Waals surface area contributed by atoms with Crippen LogP contribution in [0.5, 0.6) is 0 Å². The van der Waals surface area contributed by atoms with Crippen LogP contribution >= 0.6 is 0 Å². The second-order valence-electron chi connectivity index (χ2n) is 5.01. The van der Waals surface area contributed by atoms with Gasteiger partial charge in [0.2, 0.25) is 0 Å². The zero-order valence-corrected chi connectivity index (χ0v) is 11.1. The molecular weight excluding hydrogens is 236 g/mol. The van der Waals surface area contributed by atoms with E-state index in [1.165, 1.54) is 6.20 Å². The van der Waals surface area contributed by atoms with Gasteiger partial charge in [-0.15, -0.1) is 0 Å². The summed E-state index contributed by atoms with van der Waals surface area (Å²) in [5.74, 6) is 0. The molecule has 0 amide bonds. The van der Waals surface area contributed by atoms with Crippen molar-refractivity contribution in [3.8, 4) is 0 Å². The van der Waals surface area contributed by atoms with E-state index in [1.807, 2.05) is 6.92 Å². The smallest absolute Gasteiger partial charge is 0.422 e. The highest BCUT2D eigenvalue weighted by molar-refractivity contribution is 5.70. The quantitative estimate of drug-likeness (QED) is 0.861. The molecule has 6 heteroatoms. The van der Waals surface area contributed by atoms with Gasteiger partial charge in [-0.3, -0.25) is 9.78 Å². The second-order valence-corrected chi connectivity index (χ2v) is 5.01. The summed E-state index contributed by atoms with van der Waals surface area (Å²) >= 11 is 0. The van der Waals surface area contributed by atoms with E-state index in [2.05, 4.69) is 4.98 Å². The van der Waals surface area contributed by atoms with Crippen LogP contribution in [-0.4, -0.2) is 21.2 Å². The molecule has 1 aromatic rings. The number of carbonyl (C=O) groups is 1. The first-order valence-electron chi connectivity index (χ1n) is 5.83. The number of hydrogen-bond acceptors (Lipinski definition) is 4. The van der Waals surface area contributed by atoms with Gasteiger partial charge in [0.05, 0.1) is 0 Å². The third-order valence-corrected chi connectivity index (χ3v) is 2.13. The second kappa shape index (κ2) is 5.20. The van der Waals surface area contributed by atoms with Crippen molar-refractivity contribution < 1.29 is 9.53 Å². The zero-order valence-electron chi connectivity index (χ0n) is 11.1. The fourth-order valence-electron chi connectivity index (χ4n) is 1.40. The van der Waals surface area contributed by atoms with Crippen molar-refractivity contribution in [1.82, 2.24) is 9.55 Å². The van der Waals surface area contributed by atoms with E-state index >= 15 is 0 Å². The predicted octanol–water partition coefficient (Wildman–Crippen LogP) is 1.27. The van der Waals surface area contributed by atoms with Crippen LogP contribution in [0, 0.1) is 0 Å². The third kappa shape index (κ3) is 3.58. The Morgan fingerprint density at radius 1 is 1.39 bits per heavy atom. The Balaban J connectivity index is 3.17. The molecule has 0 radical (unpaired) electrons. The van der Waals surface area contributed by atoms with Crippen molar-refractivity contribution in [2.45, 2.75) is 46.1 Å². The van der Waals surface area contributed by atoms with Crippen molar-refractivity contribution in [3.05, 3.63) is 32.6 Å². The number of ether oxygens (including phenoxy) is 1. The molecule has 1 heterocycles. The lowest BCUT2D eigenvalue weighted by atomic mass is 10.2. The van der Waals surface area contributed by atoms with Gasteiger partial charge in [-0.1, -0.05) is 13.3 Å². The Morgan fingerprint density at radius 2 is 2.00 bits per heavy atom. The number of aromatic amines is 1. The molecule has 1 rings (SSSR count). The van der Waals surface area contributed by atoms with Crippen LogP contribution in [0.3, 0.4) is 0 Å². The number of nitrogens with zero attached hydrogens (tertiary/aromatic N) is 1. The van der Waals surface area contributed by atoms with Crippen LogP contribution in [0.25, 0.3) is 0 Å². The summed E-state index contributed by atoms with van der Waals surface area (Å²) in [7, 11) is 0. The Hall–Kier alpha value is -1.85. The van der Waals surface area contributed by atoms with Crippen LogP contribution in [0.15, 0.2) is 15.8 Å². The number of aryl methyl sites for hydroxylation is 1. The van der Waals surface area contributed by atoms with Crippen molar-refractivity contribution >= 4 is 6.09 Å². The fourth-order valence-corrected chi connectivity index (χ4v) is 1.40. The van der Waals surface area contributed by atoms with Gasteiger partial charge in [-0.25, -0.2) is 14.2 Å². The topological polar surface area (TPSA) is 81.2 Å². The Labute approximate surface area is 105 Å². The van der Waals surface area contributed by atoms with E-state index in [1.54, 1.807) is 20.8 Å². The Morgan fingerprint density at radius 3 is 2.50 bits per heavy atom. The molecule has 0 aliphatic rings. The maximum absolute atomic E-state index is 11.8. The average molecular weight is 254 g/mol.